The van der Waals surface area contributed by atoms with Crippen molar-refractivity contribution >= 4 is 42.4 Å². The number of aromatic nitrogens is 1. The average Bonchev–Trinajstić information content (AvgIpc) is 3.42. The van der Waals surface area contributed by atoms with Crippen molar-refractivity contribution in [1.29, 1.82) is 0 Å². The van der Waals surface area contributed by atoms with Crippen LogP contribution in [0.4, 0.5) is 0 Å². The summed E-state index contributed by atoms with van der Waals surface area (Å²) in [6, 6.07) is 42.0. The lowest BCUT2D eigenvalue weighted by Gasteiger charge is -2.14. The molecule has 0 bridgehead atoms. The number of thiophene rings is 1. The molecule has 0 atom stereocenters. The molecule has 2 aromatic heterocycles. The van der Waals surface area contributed by atoms with Crippen molar-refractivity contribution in [1.82, 2.24) is 4.57 Å². The molecule has 0 spiro atoms. The Morgan fingerprint density at radius 3 is 1.79 bits per heavy atom. The van der Waals surface area contributed by atoms with Crippen LogP contribution in [0.1, 0.15) is 0 Å². The van der Waals surface area contributed by atoms with E-state index in [9.17, 15) is 0 Å². The van der Waals surface area contributed by atoms with Crippen molar-refractivity contribution in [2.75, 3.05) is 0 Å². The Labute approximate surface area is 201 Å². The number of para-hydroxylation sites is 1. The molecule has 2 heterocycles. The minimum Gasteiger partial charge on any atom is -0.309 e. The van der Waals surface area contributed by atoms with Crippen LogP contribution in [0, 0.1) is 0 Å². The molecule has 0 amide bonds. The summed E-state index contributed by atoms with van der Waals surface area (Å²) in [4.78, 5) is 0. The zero-order valence-corrected chi connectivity index (χ0v) is 19.1. The SMILES string of the molecule is c1ccc(-c2c3c4c(cccc4n2-c2ccccc2)-c2cccc4sc5cccc-3c5c24)cc1. The minimum absolute atomic E-state index is 1.19. The maximum absolute atomic E-state index is 2.46. The molecule has 8 rings (SSSR count). The third kappa shape index (κ3) is 2.28. The highest BCUT2D eigenvalue weighted by Crippen LogP contribution is 2.54. The molecule has 0 N–H and O–H groups in total. The van der Waals surface area contributed by atoms with Crippen LogP contribution < -0.4 is 0 Å². The van der Waals surface area contributed by atoms with Crippen LogP contribution in [0.3, 0.4) is 0 Å². The lowest BCUT2D eigenvalue weighted by atomic mass is 9.95. The second-order valence-corrected chi connectivity index (χ2v) is 10.0. The fourth-order valence-electron chi connectivity index (χ4n) is 5.84. The van der Waals surface area contributed by atoms with Crippen LogP contribution in [0.15, 0.2) is 115 Å². The van der Waals surface area contributed by atoms with E-state index in [-0.39, 0.29) is 0 Å². The standard InChI is InChI=1S/C32H19NS/c1-3-10-20(11-4-1)32-31-24-16-9-19-27-30(24)29-23(15-8-18-26(29)34-27)22-14-7-17-25(28(22)31)33(32)21-12-5-2-6-13-21/h1-19H. The monoisotopic (exact) mass is 449 g/mol. The van der Waals surface area contributed by atoms with Gasteiger partial charge in [0.15, 0.2) is 0 Å². The molecule has 7 aromatic rings. The molecule has 2 heteroatoms. The van der Waals surface area contributed by atoms with Gasteiger partial charge in [-0.1, -0.05) is 84.9 Å². The van der Waals surface area contributed by atoms with Crippen LogP contribution in [0.2, 0.25) is 0 Å². The Hall–Kier alpha value is -4.14. The third-order valence-electron chi connectivity index (χ3n) is 7.14. The number of hydrogen-bond donors (Lipinski definition) is 0. The fraction of sp³-hybridized carbons (Fsp3) is 0. The van der Waals surface area contributed by atoms with Gasteiger partial charge < -0.3 is 4.57 Å². The summed E-state index contributed by atoms with van der Waals surface area (Å²) in [6.07, 6.45) is 0. The van der Waals surface area contributed by atoms with Gasteiger partial charge in [-0.05, 0) is 52.6 Å². The smallest absolute Gasteiger partial charge is 0.0619 e. The van der Waals surface area contributed by atoms with Crippen molar-refractivity contribution in [2.45, 2.75) is 0 Å². The van der Waals surface area contributed by atoms with Gasteiger partial charge in [0.25, 0.3) is 0 Å². The summed E-state index contributed by atoms with van der Waals surface area (Å²) in [5.74, 6) is 0. The van der Waals surface area contributed by atoms with Crippen LogP contribution in [-0.4, -0.2) is 4.57 Å². The van der Waals surface area contributed by atoms with E-state index in [2.05, 4.69) is 120 Å². The summed E-state index contributed by atoms with van der Waals surface area (Å²) in [5.41, 5.74) is 10.3. The molecule has 34 heavy (non-hydrogen) atoms. The molecule has 0 unspecified atom stereocenters. The van der Waals surface area contributed by atoms with Crippen molar-refractivity contribution in [2.24, 2.45) is 0 Å². The Bertz CT molecular complexity index is 1890. The summed E-state index contributed by atoms with van der Waals surface area (Å²) >= 11 is 1.90. The lowest BCUT2D eigenvalue weighted by Crippen LogP contribution is -1.97. The molecule has 1 aliphatic rings. The summed E-state index contributed by atoms with van der Waals surface area (Å²) in [6.45, 7) is 0. The predicted octanol–water partition coefficient (Wildman–Crippen LogP) is 9.31. The van der Waals surface area contributed by atoms with E-state index in [1.807, 2.05) is 11.3 Å². The van der Waals surface area contributed by atoms with Crippen LogP contribution in [-0.2, 0) is 0 Å². The van der Waals surface area contributed by atoms with E-state index in [1.54, 1.807) is 0 Å². The van der Waals surface area contributed by atoms with E-state index < -0.39 is 0 Å². The third-order valence-corrected chi connectivity index (χ3v) is 8.26. The van der Waals surface area contributed by atoms with E-state index >= 15 is 0 Å². The Morgan fingerprint density at radius 2 is 1.06 bits per heavy atom. The normalized spacial score (nSPS) is 12.1. The van der Waals surface area contributed by atoms with Gasteiger partial charge in [-0.15, -0.1) is 11.3 Å². The molecular formula is C32H19NS. The molecule has 0 fully saturated rings. The van der Waals surface area contributed by atoms with Crippen LogP contribution in [0.25, 0.3) is 70.3 Å². The second kappa shape index (κ2) is 6.69. The number of rotatable bonds is 2. The topological polar surface area (TPSA) is 4.93 Å². The number of hydrogen-bond acceptors (Lipinski definition) is 1. The maximum atomic E-state index is 2.46. The van der Waals surface area contributed by atoms with Gasteiger partial charge in [0, 0.05) is 36.8 Å². The highest BCUT2D eigenvalue weighted by Gasteiger charge is 2.28. The van der Waals surface area contributed by atoms with Gasteiger partial charge in [0.1, 0.15) is 0 Å². The van der Waals surface area contributed by atoms with Crippen molar-refractivity contribution in [3.8, 4) is 39.2 Å². The summed E-state index contributed by atoms with van der Waals surface area (Å²) in [5, 5.41) is 4.12. The molecule has 5 aromatic carbocycles. The van der Waals surface area contributed by atoms with Gasteiger partial charge in [0.05, 0.1) is 11.2 Å². The fourth-order valence-corrected chi connectivity index (χ4v) is 7.00. The minimum atomic E-state index is 1.19. The zero-order valence-electron chi connectivity index (χ0n) is 18.3. The van der Waals surface area contributed by atoms with Gasteiger partial charge >= 0.3 is 0 Å². The van der Waals surface area contributed by atoms with E-state index in [0.717, 1.165) is 0 Å². The molecule has 0 saturated carbocycles. The van der Waals surface area contributed by atoms with E-state index in [1.165, 1.54) is 70.3 Å². The summed E-state index contributed by atoms with van der Waals surface area (Å²) < 4.78 is 5.17. The van der Waals surface area contributed by atoms with Gasteiger partial charge in [-0.3, -0.25) is 0 Å². The Kier molecular flexibility index (Phi) is 3.60. The van der Waals surface area contributed by atoms with Gasteiger partial charge in [-0.25, -0.2) is 0 Å². The first kappa shape index (κ1) is 18.3. The lowest BCUT2D eigenvalue weighted by molar-refractivity contribution is 1.14. The molecule has 1 nitrogen and oxygen atoms in total. The predicted molar refractivity (Wildman–Crippen MR) is 146 cm³/mol. The van der Waals surface area contributed by atoms with Crippen LogP contribution >= 0.6 is 11.3 Å². The second-order valence-electron chi connectivity index (χ2n) is 8.92. The number of nitrogens with zero attached hydrogens (tertiary/aromatic N) is 1. The molecular weight excluding hydrogens is 430 g/mol. The number of benzene rings is 5. The Morgan fingerprint density at radius 1 is 0.471 bits per heavy atom. The maximum Gasteiger partial charge on any atom is 0.0619 e. The van der Waals surface area contributed by atoms with Crippen molar-refractivity contribution < 1.29 is 0 Å². The highest BCUT2D eigenvalue weighted by atomic mass is 32.1. The van der Waals surface area contributed by atoms with Crippen molar-refractivity contribution in [3.05, 3.63) is 115 Å². The first-order chi connectivity index (χ1) is 16.9. The number of fused-ring (bicyclic) bond motifs is 2. The van der Waals surface area contributed by atoms with E-state index in [4.69, 9.17) is 0 Å². The molecule has 0 radical (unpaired) electrons. The van der Waals surface area contributed by atoms with Crippen LogP contribution in [0.5, 0.6) is 0 Å². The average molecular weight is 450 g/mol. The summed E-state index contributed by atoms with van der Waals surface area (Å²) in [7, 11) is 0. The van der Waals surface area contributed by atoms with Gasteiger partial charge in [-0.2, -0.15) is 0 Å². The largest absolute Gasteiger partial charge is 0.309 e. The molecule has 0 aliphatic heterocycles. The quantitative estimate of drug-likeness (QED) is 0.248. The van der Waals surface area contributed by atoms with E-state index in [0.29, 0.717) is 0 Å². The highest BCUT2D eigenvalue weighted by molar-refractivity contribution is 7.26. The molecule has 158 valence electrons. The van der Waals surface area contributed by atoms with Crippen molar-refractivity contribution in [3.63, 3.8) is 0 Å². The Balaban J connectivity index is 1.69. The van der Waals surface area contributed by atoms with Gasteiger partial charge in [0.2, 0.25) is 0 Å². The first-order valence-electron chi connectivity index (χ1n) is 11.6. The molecule has 1 aliphatic carbocycles. The zero-order chi connectivity index (χ0) is 22.2. The molecule has 0 saturated heterocycles. The first-order valence-corrected chi connectivity index (χ1v) is 12.4.